The van der Waals surface area contributed by atoms with E-state index >= 15 is 0 Å². The largest absolute Gasteiger partial charge is 0.440 e. The minimum Gasteiger partial charge on any atom is -0.440 e. The van der Waals surface area contributed by atoms with Crippen LogP contribution >= 0.6 is 0 Å². The van der Waals surface area contributed by atoms with Crippen molar-refractivity contribution in [3.63, 3.8) is 0 Å². The average molecular weight is 421 g/mol. The first kappa shape index (κ1) is 20.9. The maximum atomic E-state index is 12.8. The summed E-state index contributed by atoms with van der Waals surface area (Å²) in [6.07, 6.45) is 1.43. The number of aromatic nitrogens is 1. The van der Waals surface area contributed by atoms with E-state index in [1.165, 1.54) is 0 Å². The van der Waals surface area contributed by atoms with Crippen molar-refractivity contribution in [3.8, 4) is 0 Å². The van der Waals surface area contributed by atoms with Crippen molar-refractivity contribution in [1.29, 1.82) is 0 Å². The number of fused-ring (bicyclic) bond motifs is 1. The second-order valence-corrected chi connectivity index (χ2v) is 8.96. The van der Waals surface area contributed by atoms with Crippen molar-refractivity contribution in [2.24, 2.45) is 0 Å². The number of benzene rings is 2. The Morgan fingerprint density at radius 1 is 1.19 bits per heavy atom. The van der Waals surface area contributed by atoms with Gasteiger partial charge in [0.05, 0.1) is 6.04 Å². The molecule has 2 aromatic carbocycles. The van der Waals surface area contributed by atoms with E-state index in [1.54, 1.807) is 12.1 Å². The Kier molecular flexibility index (Phi) is 5.67. The highest BCUT2D eigenvalue weighted by Gasteiger charge is 2.25. The van der Waals surface area contributed by atoms with Crippen LogP contribution in [-0.2, 0) is 10.2 Å². The minimum atomic E-state index is -0.334. The molecule has 3 amide bonds. The van der Waals surface area contributed by atoms with Gasteiger partial charge in [-0.2, -0.15) is 0 Å². The van der Waals surface area contributed by atoms with E-state index in [9.17, 15) is 9.59 Å². The van der Waals surface area contributed by atoms with Crippen LogP contribution in [-0.4, -0.2) is 34.9 Å². The summed E-state index contributed by atoms with van der Waals surface area (Å²) in [5.41, 5.74) is 2.78. The van der Waals surface area contributed by atoms with Gasteiger partial charge in [-0.15, -0.1) is 0 Å². The third-order valence-corrected chi connectivity index (χ3v) is 5.37. The lowest BCUT2D eigenvalue weighted by atomic mass is 9.97. The first-order chi connectivity index (χ1) is 14.8. The van der Waals surface area contributed by atoms with Gasteiger partial charge in [0, 0.05) is 30.6 Å². The lowest BCUT2D eigenvalue weighted by Crippen LogP contribution is -2.40. The number of likely N-dealkylation sites (tertiary alicyclic amines) is 1. The van der Waals surface area contributed by atoms with Crippen LogP contribution in [0.2, 0.25) is 0 Å². The number of nitrogens with zero attached hydrogens (tertiary/aromatic N) is 2. The fourth-order valence-electron chi connectivity index (χ4n) is 3.69. The zero-order valence-corrected chi connectivity index (χ0v) is 18.1. The van der Waals surface area contributed by atoms with Gasteiger partial charge in [-0.05, 0) is 30.2 Å². The fraction of sp³-hybridized carbons (Fsp3) is 0.375. The molecular formula is C24H28N4O3. The molecule has 4 rings (SSSR count). The van der Waals surface area contributed by atoms with Crippen LogP contribution in [0.3, 0.4) is 0 Å². The Hall–Kier alpha value is -3.35. The number of rotatable bonds is 5. The molecule has 1 aliphatic rings. The normalized spacial score (nSPS) is 15.3. The zero-order chi connectivity index (χ0) is 22.0. The lowest BCUT2D eigenvalue weighted by molar-refractivity contribution is -0.128. The predicted molar refractivity (Wildman–Crippen MR) is 120 cm³/mol. The van der Waals surface area contributed by atoms with Gasteiger partial charge < -0.3 is 20.0 Å². The molecule has 0 radical (unpaired) electrons. The first-order valence-corrected chi connectivity index (χ1v) is 10.6. The summed E-state index contributed by atoms with van der Waals surface area (Å²) in [6, 6.07) is 14.5. The predicted octanol–water partition coefficient (Wildman–Crippen LogP) is 4.61. The number of hydrogen-bond acceptors (Lipinski definition) is 4. The van der Waals surface area contributed by atoms with Gasteiger partial charge in [0.15, 0.2) is 5.58 Å². The van der Waals surface area contributed by atoms with Crippen molar-refractivity contribution in [1.82, 2.24) is 15.2 Å². The van der Waals surface area contributed by atoms with Crippen molar-refractivity contribution >= 4 is 28.7 Å². The molecular weight excluding hydrogens is 392 g/mol. The molecule has 2 heterocycles. The fourth-order valence-corrected chi connectivity index (χ4v) is 3.69. The number of urea groups is 1. The summed E-state index contributed by atoms with van der Waals surface area (Å²) in [5.74, 6) is 0.790. The number of hydrogen-bond donors (Lipinski definition) is 2. The summed E-state index contributed by atoms with van der Waals surface area (Å²) in [5, 5.41) is 5.90. The molecule has 1 aromatic heterocycles. The highest BCUT2D eigenvalue weighted by atomic mass is 16.3. The van der Waals surface area contributed by atoms with Gasteiger partial charge in [0.1, 0.15) is 5.52 Å². The molecule has 1 saturated heterocycles. The lowest BCUT2D eigenvalue weighted by Gasteiger charge is -2.25. The highest BCUT2D eigenvalue weighted by molar-refractivity contribution is 5.92. The number of oxazole rings is 1. The van der Waals surface area contributed by atoms with Gasteiger partial charge in [0.25, 0.3) is 0 Å². The van der Waals surface area contributed by atoms with Crippen molar-refractivity contribution in [2.75, 3.05) is 18.4 Å². The van der Waals surface area contributed by atoms with E-state index in [1.807, 2.05) is 62.1 Å². The maximum Gasteiger partial charge on any atom is 0.319 e. The molecule has 7 heteroatoms. The van der Waals surface area contributed by atoms with Crippen LogP contribution < -0.4 is 10.6 Å². The summed E-state index contributed by atoms with van der Waals surface area (Å²) in [7, 11) is 0. The second-order valence-electron chi connectivity index (χ2n) is 8.96. The van der Waals surface area contributed by atoms with Crippen LogP contribution in [0.15, 0.2) is 52.9 Å². The Morgan fingerprint density at radius 3 is 2.65 bits per heavy atom. The SMILES string of the molecule is CC(C)(C)c1nc2cc(NC(=O)NC(CN3CCCC3=O)c3ccccc3)ccc2o1. The van der Waals surface area contributed by atoms with Gasteiger partial charge in [-0.1, -0.05) is 51.1 Å². The molecule has 0 spiro atoms. The molecule has 3 aromatic rings. The van der Waals surface area contributed by atoms with Crippen LogP contribution in [0.5, 0.6) is 0 Å². The molecule has 0 aliphatic carbocycles. The molecule has 162 valence electrons. The smallest absolute Gasteiger partial charge is 0.319 e. The van der Waals surface area contributed by atoms with Crippen molar-refractivity contribution in [2.45, 2.75) is 45.1 Å². The van der Waals surface area contributed by atoms with E-state index in [-0.39, 0.29) is 23.4 Å². The Bertz CT molecular complexity index is 1090. The van der Waals surface area contributed by atoms with Gasteiger partial charge >= 0.3 is 6.03 Å². The van der Waals surface area contributed by atoms with Crippen molar-refractivity contribution in [3.05, 3.63) is 60.0 Å². The van der Waals surface area contributed by atoms with Gasteiger partial charge in [-0.3, -0.25) is 4.79 Å². The Labute approximate surface area is 181 Å². The third kappa shape index (κ3) is 4.87. The van der Waals surface area contributed by atoms with E-state index in [2.05, 4.69) is 15.6 Å². The zero-order valence-electron chi connectivity index (χ0n) is 18.1. The van der Waals surface area contributed by atoms with E-state index in [0.29, 0.717) is 35.6 Å². The molecule has 1 unspecified atom stereocenters. The van der Waals surface area contributed by atoms with Crippen molar-refractivity contribution < 1.29 is 14.0 Å². The first-order valence-electron chi connectivity index (χ1n) is 10.6. The molecule has 0 bridgehead atoms. The summed E-state index contributed by atoms with van der Waals surface area (Å²) >= 11 is 0. The van der Waals surface area contributed by atoms with E-state index in [0.717, 1.165) is 18.5 Å². The van der Waals surface area contributed by atoms with Crippen LogP contribution in [0.1, 0.15) is 51.1 Å². The number of anilines is 1. The molecule has 1 aliphatic heterocycles. The molecule has 31 heavy (non-hydrogen) atoms. The van der Waals surface area contributed by atoms with Gasteiger partial charge in [-0.25, -0.2) is 9.78 Å². The molecule has 1 atom stereocenters. The molecule has 1 fully saturated rings. The van der Waals surface area contributed by atoms with E-state index in [4.69, 9.17) is 4.42 Å². The number of amides is 3. The summed E-state index contributed by atoms with van der Waals surface area (Å²) in [4.78, 5) is 31.2. The highest BCUT2D eigenvalue weighted by Crippen LogP contribution is 2.27. The van der Waals surface area contributed by atoms with Crippen LogP contribution in [0.4, 0.5) is 10.5 Å². The standard InChI is InChI=1S/C24H28N4O3/c1-24(2,3)22-26-18-14-17(11-12-20(18)31-22)25-23(30)27-19(16-8-5-4-6-9-16)15-28-13-7-10-21(28)29/h4-6,8-9,11-12,14,19H,7,10,13,15H2,1-3H3,(H2,25,27,30). The number of carbonyl (C=O) groups is 2. The number of carbonyl (C=O) groups excluding carboxylic acids is 2. The minimum absolute atomic E-state index is 0.134. The second kappa shape index (κ2) is 8.41. The van der Waals surface area contributed by atoms with Crippen LogP contribution in [0, 0.1) is 0 Å². The topological polar surface area (TPSA) is 87.5 Å². The Balaban J connectivity index is 1.48. The quantitative estimate of drug-likeness (QED) is 0.631. The third-order valence-electron chi connectivity index (χ3n) is 5.37. The summed E-state index contributed by atoms with van der Waals surface area (Å²) < 4.78 is 5.82. The maximum absolute atomic E-state index is 12.8. The van der Waals surface area contributed by atoms with E-state index < -0.39 is 0 Å². The Morgan fingerprint density at radius 2 is 1.97 bits per heavy atom. The monoisotopic (exact) mass is 420 g/mol. The average Bonchev–Trinajstić information content (AvgIpc) is 3.34. The summed E-state index contributed by atoms with van der Waals surface area (Å²) in [6.45, 7) is 7.30. The molecule has 7 nitrogen and oxygen atoms in total. The molecule has 2 N–H and O–H groups in total. The molecule has 0 saturated carbocycles. The van der Waals surface area contributed by atoms with Crippen LogP contribution in [0.25, 0.3) is 11.1 Å². The number of nitrogens with one attached hydrogen (secondary N) is 2. The van der Waals surface area contributed by atoms with Gasteiger partial charge in [0.2, 0.25) is 11.8 Å².